The van der Waals surface area contributed by atoms with E-state index in [1.807, 2.05) is 36.2 Å². The van der Waals surface area contributed by atoms with Gasteiger partial charge in [-0.25, -0.2) is 0 Å². The Kier molecular flexibility index (Phi) is 6.25. The standard InChI is InChI=1S/C19H20Cl2N2O3/c1-23(11-14-12-25-17-4-2-3-5-18(17)26-14)9-8-19(24)22-16-10-13(20)6-7-15(16)21/h2-7,10,14H,8-9,11-12H2,1H3,(H,22,24)/t14-/m0/s1. The third-order valence-corrected chi connectivity index (χ3v) is 4.57. The van der Waals surface area contributed by atoms with Crippen molar-refractivity contribution in [3.8, 4) is 11.5 Å². The first-order valence-corrected chi connectivity index (χ1v) is 9.09. The van der Waals surface area contributed by atoms with Crippen molar-refractivity contribution in [1.29, 1.82) is 0 Å². The number of benzene rings is 2. The van der Waals surface area contributed by atoms with Crippen LogP contribution in [0.15, 0.2) is 42.5 Å². The molecule has 0 radical (unpaired) electrons. The van der Waals surface area contributed by atoms with Crippen LogP contribution >= 0.6 is 23.2 Å². The van der Waals surface area contributed by atoms with Crippen LogP contribution in [-0.2, 0) is 4.79 Å². The molecule has 2 aromatic carbocycles. The number of fused-ring (bicyclic) bond motifs is 1. The van der Waals surface area contributed by atoms with Gasteiger partial charge in [0.15, 0.2) is 11.5 Å². The Labute approximate surface area is 162 Å². The number of hydrogen-bond acceptors (Lipinski definition) is 4. The average molecular weight is 395 g/mol. The van der Waals surface area contributed by atoms with Gasteiger partial charge in [0, 0.05) is 24.5 Å². The van der Waals surface area contributed by atoms with Gasteiger partial charge in [0.1, 0.15) is 12.7 Å². The summed E-state index contributed by atoms with van der Waals surface area (Å²) in [6.07, 6.45) is 0.268. The van der Waals surface area contributed by atoms with Crippen molar-refractivity contribution in [2.24, 2.45) is 0 Å². The van der Waals surface area contributed by atoms with Gasteiger partial charge in [-0.1, -0.05) is 35.3 Å². The summed E-state index contributed by atoms with van der Waals surface area (Å²) < 4.78 is 11.6. The van der Waals surface area contributed by atoms with Crippen LogP contribution in [0.4, 0.5) is 5.69 Å². The Morgan fingerprint density at radius 1 is 1.23 bits per heavy atom. The van der Waals surface area contributed by atoms with E-state index in [1.165, 1.54) is 0 Å². The first-order valence-electron chi connectivity index (χ1n) is 8.33. The monoisotopic (exact) mass is 394 g/mol. The molecule has 0 bridgehead atoms. The van der Waals surface area contributed by atoms with Gasteiger partial charge in [-0.3, -0.25) is 4.79 Å². The molecule has 138 valence electrons. The number of carbonyl (C=O) groups is 1. The highest BCUT2D eigenvalue weighted by Gasteiger charge is 2.22. The van der Waals surface area contributed by atoms with E-state index in [9.17, 15) is 4.79 Å². The number of para-hydroxylation sites is 2. The van der Waals surface area contributed by atoms with Crippen molar-refractivity contribution in [1.82, 2.24) is 4.90 Å². The molecule has 0 fully saturated rings. The minimum Gasteiger partial charge on any atom is -0.486 e. The highest BCUT2D eigenvalue weighted by Crippen LogP contribution is 2.31. The van der Waals surface area contributed by atoms with Gasteiger partial charge in [0.2, 0.25) is 5.91 Å². The van der Waals surface area contributed by atoms with Gasteiger partial charge in [-0.2, -0.15) is 0 Å². The second kappa shape index (κ2) is 8.62. The quantitative estimate of drug-likeness (QED) is 0.801. The Balaban J connectivity index is 1.45. The van der Waals surface area contributed by atoms with E-state index in [2.05, 4.69) is 5.32 Å². The van der Waals surface area contributed by atoms with Crippen LogP contribution in [0.2, 0.25) is 10.0 Å². The molecule has 0 aliphatic carbocycles. The number of hydrogen-bond donors (Lipinski definition) is 1. The number of ether oxygens (including phenoxy) is 2. The molecule has 26 heavy (non-hydrogen) atoms. The predicted octanol–water partition coefficient (Wildman–Crippen LogP) is 4.09. The summed E-state index contributed by atoms with van der Waals surface area (Å²) in [6, 6.07) is 12.6. The molecule has 1 heterocycles. The van der Waals surface area contributed by atoms with Gasteiger partial charge in [-0.05, 0) is 37.4 Å². The molecule has 1 N–H and O–H groups in total. The molecule has 0 saturated heterocycles. The lowest BCUT2D eigenvalue weighted by molar-refractivity contribution is -0.116. The van der Waals surface area contributed by atoms with Crippen LogP contribution in [0.5, 0.6) is 11.5 Å². The molecule has 1 amide bonds. The summed E-state index contributed by atoms with van der Waals surface area (Å²) in [5.41, 5.74) is 0.521. The fraction of sp³-hybridized carbons (Fsp3) is 0.316. The number of nitrogens with zero attached hydrogens (tertiary/aromatic N) is 1. The molecule has 0 unspecified atom stereocenters. The molecule has 2 aromatic rings. The molecule has 1 aliphatic heterocycles. The lowest BCUT2D eigenvalue weighted by Crippen LogP contribution is -2.40. The lowest BCUT2D eigenvalue weighted by atomic mass is 10.2. The maximum atomic E-state index is 12.1. The molecular formula is C19H20Cl2N2O3. The lowest BCUT2D eigenvalue weighted by Gasteiger charge is -2.29. The van der Waals surface area contributed by atoms with Crippen LogP contribution in [0.1, 0.15) is 6.42 Å². The van der Waals surface area contributed by atoms with Gasteiger partial charge in [0.05, 0.1) is 10.7 Å². The van der Waals surface area contributed by atoms with Gasteiger partial charge in [-0.15, -0.1) is 0 Å². The second-order valence-corrected chi connectivity index (χ2v) is 7.03. The van der Waals surface area contributed by atoms with Crippen molar-refractivity contribution < 1.29 is 14.3 Å². The maximum Gasteiger partial charge on any atom is 0.225 e. The SMILES string of the molecule is CN(CCC(=O)Nc1cc(Cl)ccc1Cl)C[C@H]1COc2ccccc2O1. The van der Waals surface area contributed by atoms with E-state index in [-0.39, 0.29) is 12.0 Å². The van der Waals surface area contributed by atoms with Gasteiger partial charge in [0.25, 0.3) is 0 Å². The van der Waals surface area contributed by atoms with Crippen LogP contribution in [0, 0.1) is 0 Å². The molecule has 3 rings (SSSR count). The van der Waals surface area contributed by atoms with Gasteiger partial charge >= 0.3 is 0 Å². The Bertz CT molecular complexity index is 785. The molecule has 1 aliphatic rings. The van der Waals surface area contributed by atoms with E-state index in [4.69, 9.17) is 32.7 Å². The van der Waals surface area contributed by atoms with Crippen molar-refractivity contribution in [3.63, 3.8) is 0 Å². The topological polar surface area (TPSA) is 50.8 Å². The van der Waals surface area contributed by atoms with Crippen LogP contribution in [0.25, 0.3) is 0 Å². The summed E-state index contributed by atoms with van der Waals surface area (Å²) in [6.45, 7) is 1.75. The van der Waals surface area contributed by atoms with Crippen molar-refractivity contribution in [2.75, 3.05) is 32.1 Å². The third-order valence-electron chi connectivity index (χ3n) is 4.01. The number of amides is 1. The number of halogens is 2. The van der Waals surface area contributed by atoms with Gasteiger partial charge < -0.3 is 19.7 Å². The number of rotatable bonds is 6. The third kappa shape index (κ3) is 5.04. The van der Waals surface area contributed by atoms with Crippen molar-refractivity contribution in [3.05, 3.63) is 52.5 Å². The largest absolute Gasteiger partial charge is 0.486 e. The smallest absolute Gasteiger partial charge is 0.225 e. The minimum absolute atomic E-state index is 0.0691. The maximum absolute atomic E-state index is 12.1. The zero-order chi connectivity index (χ0) is 18.5. The highest BCUT2D eigenvalue weighted by molar-refractivity contribution is 6.35. The Hall–Kier alpha value is -1.95. The van der Waals surface area contributed by atoms with Crippen LogP contribution < -0.4 is 14.8 Å². The predicted molar refractivity (Wildman–Crippen MR) is 104 cm³/mol. The fourth-order valence-corrected chi connectivity index (χ4v) is 3.03. The number of likely N-dealkylation sites (N-methyl/N-ethyl adjacent to an activating group) is 1. The summed E-state index contributed by atoms with van der Waals surface area (Å²) in [5, 5.41) is 3.77. The molecule has 0 saturated carbocycles. The first kappa shape index (κ1) is 18.8. The van der Waals surface area contributed by atoms with Crippen LogP contribution in [-0.4, -0.2) is 43.7 Å². The van der Waals surface area contributed by atoms with Crippen LogP contribution in [0.3, 0.4) is 0 Å². The van der Waals surface area contributed by atoms with E-state index >= 15 is 0 Å². The summed E-state index contributed by atoms with van der Waals surface area (Å²) in [7, 11) is 1.95. The molecule has 0 aromatic heterocycles. The Morgan fingerprint density at radius 2 is 2.00 bits per heavy atom. The number of carbonyl (C=O) groups excluding carboxylic acids is 1. The normalized spacial score (nSPS) is 15.8. The fourth-order valence-electron chi connectivity index (χ4n) is 2.69. The van der Waals surface area contributed by atoms with Crippen molar-refractivity contribution >= 4 is 34.8 Å². The highest BCUT2D eigenvalue weighted by atomic mass is 35.5. The minimum atomic E-state index is -0.118. The molecule has 5 nitrogen and oxygen atoms in total. The summed E-state index contributed by atoms with van der Waals surface area (Å²) in [5.74, 6) is 1.40. The van der Waals surface area contributed by atoms with E-state index < -0.39 is 0 Å². The second-order valence-electron chi connectivity index (χ2n) is 6.18. The zero-order valence-corrected chi connectivity index (χ0v) is 15.9. The molecular weight excluding hydrogens is 375 g/mol. The molecule has 7 heteroatoms. The molecule has 0 spiro atoms. The van der Waals surface area contributed by atoms with E-state index in [1.54, 1.807) is 18.2 Å². The summed E-state index contributed by atoms with van der Waals surface area (Å²) in [4.78, 5) is 14.2. The zero-order valence-electron chi connectivity index (χ0n) is 14.4. The Morgan fingerprint density at radius 3 is 2.81 bits per heavy atom. The summed E-state index contributed by atoms with van der Waals surface area (Å²) >= 11 is 12.0. The van der Waals surface area contributed by atoms with Crippen molar-refractivity contribution in [2.45, 2.75) is 12.5 Å². The number of anilines is 1. The molecule has 1 atom stereocenters. The first-order chi connectivity index (χ1) is 12.5. The number of nitrogens with one attached hydrogen (secondary N) is 1. The van der Waals surface area contributed by atoms with E-state index in [0.717, 1.165) is 11.5 Å². The van der Waals surface area contributed by atoms with E-state index in [0.29, 0.717) is 41.8 Å². The average Bonchev–Trinajstić information content (AvgIpc) is 2.63.